The molecule has 104 valence electrons. The number of rotatable bonds is 5. The summed E-state index contributed by atoms with van der Waals surface area (Å²) in [6.45, 7) is 8.72. The van der Waals surface area contributed by atoms with Gasteiger partial charge < -0.3 is 5.32 Å². The third kappa shape index (κ3) is 6.20. The summed E-state index contributed by atoms with van der Waals surface area (Å²) in [7, 11) is 0. The molecular formula is C16H25N3. The maximum Gasteiger partial charge on any atom is 0.0650 e. The van der Waals surface area contributed by atoms with Crippen LogP contribution in [0.5, 0.6) is 0 Å². The van der Waals surface area contributed by atoms with Gasteiger partial charge in [0.25, 0.3) is 0 Å². The first-order chi connectivity index (χ1) is 9.27. The van der Waals surface area contributed by atoms with Crippen LogP contribution in [0, 0.1) is 6.92 Å². The van der Waals surface area contributed by atoms with Crippen molar-refractivity contribution in [2.24, 2.45) is 0 Å². The molecular weight excluding hydrogens is 234 g/mol. The predicted molar refractivity (Wildman–Crippen MR) is 82.2 cm³/mol. The largest absolute Gasteiger partial charge is 0.317 e. The average molecular weight is 259 g/mol. The second-order valence-electron chi connectivity index (χ2n) is 4.54. The van der Waals surface area contributed by atoms with Crippen molar-refractivity contribution in [1.82, 2.24) is 15.5 Å². The third-order valence-electron chi connectivity index (χ3n) is 2.82. The summed E-state index contributed by atoms with van der Waals surface area (Å²) in [6.07, 6.45) is 4.37. The molecule has 0 fully saturated rings. The Labute approximate surface area is 116 Å². The minimum atomic E-state index is 1.06. The lowest BCUT2D eigenvalue weighted by molar-refractivity contribution is 0.663. The SMILES string of the molecule is CCCCNCC.Cc1ccc(-c2ccn[nH]2)cc1. The van der Waals surface area contributed by atoms with Crippen molar-refractivity contribution in [2.75, 3.05) is 13.1 Å². The van der Waals surface area contributed by atoms with Crippen LogP contribution in [-0.4, -0.2) is 23.3 Å². The van der Waals surface area contributed by atoms with Gasteiger partial charge in [-0.2, -0.15) is 5.10 Å². The lowest BCUT2D eigenvalue weighted by atomic mass is 10.1. The molecule has 0 amide bonds. The molecule has 19 heavy (non-hydrogen) atoms. The Bertz CT molecular complexity index is 414. The Morgan fingerprint density at radius 1 is 1.11 bits per heavy atom. The van der Waals surface area contributed by atoms with E-state index in [1.807, 2.05) is 6.07 Å². The molecule has 3 heteroatoms. The van der Waals surface area contributed by atoms with E-state index in [4.69, 9.17) is 0 Å². The summed E-state index contributed by atoms with van der Waals surface area (Å²) in [5.74, 6) is 0. The minimum Gasteiger partial charge on any atom is -0.317 e. The van der Waals surface area contributed by atoms with Crippen molar-refractivity contribution in [3.05, 3.63) is 42.1 Å². The van der Waals surface area contributed by atoms with Crippen molar-refractivity contribution in [2.45, 2.75) is 33.6 Å². The first-order valence-corrected chi connectivity index (χ1v) is 7.05. The van der Waals surface area contributed by atoms with Crippen molar-refractivity contribution in [1.29, 1.82) is 0 Å². The van der Waals surface area contributed by atoms with Gasteiger partial charge in [-0.1, -0.05) is 50.1 Å². The molecule has 0 spiro atoms. The van der Waals surface area contributed by atoms with Crippen LogP contribution in [0.3, 0.4) is 0 Å². The lowest BCUT2D eigenvalue weighted by Gasteiger charge is -1.96. The normalized spacial score (nSPS) is 9.84. The van der Waals surface area contributed by atoms with Gasteiger partial charge in [-0.3, -0.25) is 5.10 Å². The number of aromatic amines is 1. The van der Waals surface area contributed by atoms with Gasteiger partial charge in [0.15, 0.2) is 0 Å². The van der Waals surface area contributed by atoms with Crippen LogP contribution in [0.15, 0.2) is 36.5 Å². The molecule has 3 nitrogen and oxygen atoms in total. The predicted octanol–water partition coefficient (Wildman–Crippen LogP) is 3.78. The summed E-state index contributed by atoms with van der Waals surface area (Å²) in [6, 6.07) is 10.3. The highest BCUT2D eigenvalue weighted by Crippen LogP contribution is 2.15. The molecule has 0 aliphatic heterocycles. The number of hydrogen-bond donors (Lipinski definition) is 2. The van der Waals surface area contributed by atoms with Crippen LogP contribution < -0.4 is 5.32 Å². The van der Waals surface area contributed by atoms with E-state index >= 15 is 0 Å². The molecule has 0 radical (unpaired) electrons. The van der Waals surface area contributed by atoms with E-state index < -0.39 is 0 Å². The molecule has 0 aliphatic rings. The highest BCUT2D eigenvalue weighted by atomic mass is 15.1. The standard InChI is InChI=1S/C10H10N2.C6H15N/c1-8-2-4-9(5-3-8)10-6-7-11-12-10;1-3-5-6-7-4-2/h2-7H,1H3,(H,11,12);7H,3-6H2,1-2H3. The molecule has 0 saturated carbocycles. The van der Waals surface area contributed by atoms with Crippen molar-refractivity contribution in [3.63, 3.8) is 0 Å². The molecule has 0 aliphatic carbocycles. The quantitative estimate of drug-likeness (QED) is 0.802. The first kappa shape index (κ1) is 15.4. The van der Waals surface area contributed by atoms with Gasteiger partial charge in [-0.05, 0) is 38.1 Å². The number of H-pyrrole nitrogens is 1. The van der Waals surface area contributed by atoms with Crippen LogP contribution in [-0.2, 0) is 0 Å². The van der Waals surface area contributed by atoms with Gasteiger partial charge in [-0.25, -0.2) is 0 Å². The Morgan fingerprint density at radius 2 is 1.84 bits per heavy atom. The van der Waals surface area contributed by atoms with Crippen LogP contribution >= 0.6 is 0 Å². The highest BCUT2D eigenvalue weighted by Gasteiger charge is 1.95. The zero-order valence-corrected chi connectivity index (χ0v) is 12.2. The summed E-state index contributed by atoms with van der Waals surface area (Å²) >= 11 is 0. The van der Waals surface area contributed by atoms with E-state index in [1.54, 1.807) is 6.20 Å². The van der Waals surface area contributed by atoms with Gasteiger partial charge in [-0.15, -0.1) is 0 Å². The third-order valence-corrected chi connectivity index (χ3v) is 2.82. The average Bonchev–Trinajstić information content (AvgIpc) is 2.95. The fraction of sp³-hybridized carbons (Fsp3) is 0.438. The zero-order valence-electron chi connectivity index (χ0n) is 12.2. The summed E-state index contributed by atoms with van der Waals surface area (Å²) in [5.41, 5.74) is 3.52. The smallest absolute Gasteiger partial charge is 0.0650 e. The van der Waals surface area contributed by atoms with E-state index in [9.17, 15) is 0 Å². The van der Waals surface area contributed by atoms with E-state index in [-0.39, 0.29) is 0 Å². The van der Waals surface area contributed by atoms with Crippen molar-refractivity contribution >= 4 is 0 Å². The molecule has 0 unspecified atom stereocenters. The lowest BCUT2D eigenvalue weighted by Crippen LogP contribution is -2.13. The molecule has 1 heterocycles. The number of nitrogens with one attached hydrogen (secondary N) is 2. The zero-order chi connectivity index (χ0) is 13.9. The first-order valence-electron chi connectivity index (χ1n) is 7.05. The molecule has 1 aromatic carbocycles. The van der Waals surface area contributed by atoms with Crippen LogP contribution in [0.2, 0.25) is 0 Å². The number of unbranched alkanes of at least 4 members (excludes halogenated alkanes) is 1. The maximum absolute atomic E-state index is 3.90. The number of hydrogen-bond acceptors (Lipinski definition) is 2. The Hall–Kier alpha value is -1.61. The van der Waals surface area contributed by atoms with E-state index in [2.05, 4.69) is 60.6 Å². The monoisotopic (exact) mass is 259 g/mol. The van der Waals surface area contributed by atoms with E-state index in [0.29, 0.717) is 0 Å². The van der Waals surface area contributed by atoms with Crippen LogP contribution in [0.4, 0.5) is 0 Å². The fourth-order valence-electron chi connectivity index (χ4n) is 1.63. The summed E-state index contributed by atoms with van der Waals surface area (Å²) in [5, 5.41) is 10.1. The summed E-state index contributed by atoms with van der Waals surface area (Å²) < 4.78 is 0. The highest BCUT2D eigenvalue weighted by molar-refractivity contribution is 5.58. The van der Waals surface area contributed by atoms with Gasteiger partial charge >= 0.3 is 0 Å². The van der Waals surface area contributed by atoms with Crippen LogP contribution in [0.1, 0.15) is 32.3 Å². The topological polar surface area (TPSA) is 40.7 Å². The summed E-state index contributed by atoms with van der Waals surface area (Å²) in [4.78, 5) is 0. The van der Waals surface area contributed by atoms with Gasteiger partial charge in [0.05, 0.1) is 5.69 Å². The van der Waals surface area contributed by atoms with Crippen LogP contribution in [0.25, 0.3) is 11.3 Å². The molecule has 1 aromatic heterocycles. The molecule has 0 bridgehead atoms. The van der Waals surface area contributed by atoms with Gasteiger partial charge in [0.2, 0.25) is 0 Å². The second kappa shape index (κ2) is 9.34. The van der Waals surface area contributed by atoms with Gasteiger partial charge in [0, 0.05) is 6.20 Å². The number of aromatic nitrogens is 2. The van der Waals surface area contributed by atoms with E-state index in [0.717, 1.165) is 12.2 Å². The fourth-order valence-corrected chi connectivity index (χ4v) is 1.63. The second-order valence-corrected chi connectivity index (χ2v) is 4.54. The van der Waals surface area contributed by atoms with Crippen molar-refractivity contribution < 1.29 is 0 Å². The molecule has 0 atom stereocenters. The van der Waals surface area contributed by atoms with E-state index in [1.165, 1.54) is 30.5 Å². The Kier molecular flexibility index (Phi) is 7.59. The molecule has 0 saturated heterocycles. The molecule has 2 N–H and O–H groups in total. The van der Waals surface area contributed by atoms with Gasteiger partial charge in [0.1, 0.15) is 0 Å². The minimum absolute atomic E-state index is 1.06. The Balaban J connectivity index is 0.000000224. The van der Waals surface area contributed by atoms with Crippen molar-refractivity contribution in [3.8, 4) is 11.3 Å². The Morgan fingerprint density at radius 3 is 2.37 bits per heavy atom. The number of aryl methyl sites for hydroxylation is 1. The number of nitrogens with zero attached hydrogens (tertiary/aromatic N) is 1. The molecule has 2 aromatic rings. The maximum atomic E-state index is 3.90. The molecule has 2 rings (SSSR count). The number of benzene rings is 1.